The third kappa shape index (κ3) is 3.57. The Balaban J connectivity index is 1.57. The molecule has 22 heavy (non-hydrogen) atoms. The minimum Gasteiger partial charge on any atom is -0.353 e. The molecule has 0 radical (unpaired) electrons. The van der Waals surface area contributed by atoms with Crippen molar-refractivity contribution >= 4 is 17.4 Å². The lowest BCUT2D eigenvalue weighted by Crippen LogP contribution is -2.46. The van der Waals surface area contributed by atoms with Crippen LogP contribution in [0.25, 0.3) is 0 Å². The van der Waals surface area contributed by atoms with E-state index in [-0.39, 0.29) is 0 Å². The van der Waals surface area contributed by atoms with Gasteiger partial charge in [0.25, 0.3) is 0 Å². The van der Waals surface area contributed by atoms with E-state index in [0.29, 0.717) is 0 Å². The van der Waals surface area contributed by atoms with Gasteiger partial charge in [-0.2, -0.15) is 5.10 Å². The maximum atomic E-state index is 5.93. The van der Waals surface area contributed by atoms with Crippen LogP contribution in [0.3, 0.4) is 0 Å². The van der Waals surface area contributed by atoms with Gasteiger partial charge < -0.3 is 4.90 Å². The van der Waals surface area contributed by atoms with Crippen LogP contribution >= 0.6 is 11.6 Å². The predicted octanol–water partition coefficient (Wildman–Crippen LogP) is 3.07. The lowest BCUT2D eigenvalue weighted by molar-refractivity contribution is 0.249. The van der Waals surface area contributed by atoms with Gasteiger partial charge >= 0.3 is 0 Å². The Morgan fingerprint density at radius 2 is 1.68 bits per heavy atom. The van der Waals surface area contributed by atoms with Crippen molar-refractivity contribution in [2.75, 3.05) is 31.1 Å². The minimum atomic E-state index is 0.793. The van der Waals surface area contributed by atoms with Crippen molar-refractivity contribution in [1.29, 1.82) is 0 Å². The molecular formula is C17H21ClN4. The fraction of sp³-hybridized carbons (Fsp3) is 0.412. The first-order chi connectivity index (χ1) is 10.6. The van der Waals surface area contributed by atoms with Gasteiger partial charge in [0, 0.05) is 37.7 Å². The highest BCUT2D eigenvalue weighted by Gasteiger charge is 2.18. The van der Waals surface area contributed by atoms with E-state index in [9.17, 15) is 0 Å². The Bertz CT molecular complexity index is 634. The summed E-state index contributed by atoms with van der Waals surface area (Å²) in [6.07, 6.45) is 0. The molecule has 5 heteroatoms. The van der Waals surface area contributed by atoms with E-state index in [0.717, 1.165) is 49.3 Å². The first-order valence-electron chi connectivity index (χ1n) is 7.64. The van der Waals surface area contributed by atoms with E-state index in [1.807, 2.05) is 19.1 Å². The molecule has 2 heterocycles. The monoisotopic (exact) mass is 316 g/mol. The van der Waals surface area contributed by atoms with Crippen molar-refractivity contribution < 1.29 is 0 Å². The first-order valence-corrected chi connectivity index (χ1v) is 8.02. The number of aryl methyl sites for hydroxylation is 2. The van der Waals surface area contributed by atoms with Crippen LogP contribution in [-0.2, 0) is 6.54 Å². The molecule has 1 aliphatic rings. The minimum absolute atomic E-state index is 0.793. The summed E-state index contributed by atoms with van der Waals surface area (Å²) in [6, 6.07) is 10.2. The summed E-state index contributed by atoms with van der Waals surface area (Å²) in [6.45, 7) is 9.12. The first kappa shape index (κ1) is 15.3. The Morgan fingerprint density at radius 3 is 2.32 bits per heavy atom. The third-order valence-corrected chi connectivity index (χ3v) is 4.49. The molecular weight excluding hydrogens is 296 g/mol. The molecule has 4 nitrogen and oxygen atoms in total. The smallest absolute Gasteiger partial charge is 0.151 e. The molecule has 0 unspecified atom stereocenters. The van der Waals surface area contributed by atoms with E-state index >= 15 is 0 Å². The van der Waals surface area contributed by atoms with Crippen molar-refractivity contribution in [3.63, 3.8) is 0 Å². The molecule has 116 valence electrons. The molecule has 0 N–H and O–H groups in total. The van der Waals surface area contributed by atoms with Gasteiger partial charge in [-0.25, -0.2) is 0 Å². The second-order valence-corrected chi connectivity index (χ2v) is 6.30. The molecule has 0 saturated carbocycles. The summed E-state index contributed by atoms with van der Waals surface area (Å²) in [5, 5.41) is 9.35. The van der Waals surface area contributed by atoms with Gasteiger partial charge in [0.1, 0.15) is 0 Å². The van der Waals surface area contributed by atoms with Crippen LogP contribution in [0, 0.1) is 13.8 Å². The van der Waals surface area contributed by atoms with Crippen LogP contribution in [0.4, 0.5) is 5.82 Å². The SMILES string of the molecule is Cc1cc(N2CCN(Cc3ccc(Cl)cc3)CC2)nnc1C. The molecule has 3 rings (SSSR count). The number of halogens is 1. The summed E-state index contributed by atoms with van der Waals surface area (Å²) in [5.41, 5.74) is 3.52. The Labute approximate surface area is 136 Å². The Kier molecular flexibility index (Phi) is 4.60. The molecule has 0 amide bonds. The average Bonchev–Trinajstić information content (AvgIpc) is 2.53. The van der Waals surface area contributed by atoms with Gasteiger partial charge in [-0.05, 0) is 43.2 Å². The quantitative estimate of drug-likeness (QED) is 0.871. The van der Waals surface area contributed by atoms with Crippen molar-refractivity contribution in [3.05, 3.63) is 52.2 Å². The highest BCUT2D eigenvalue weighted by molar-refractivity contribution is 6.30. The topological polar surface area (TPSA) is 32.3 Å². The summed E-state index contributed by atoms with van der Waals surface area (Å²) in [7, 11) is 0. The number of anilines is 1. The van der Waals surface area contributed by atoms with E-state index < -0.39 is 0 Å². The molecule has 0 spiro atoms. The van der Waals surface area contributed by atoms with E-state index in [2.05, 4.69) is 45.1 Å². The third-order valence-electron chi connectivity index (χ3n) is 4.23. The van der Waals surface area contributed by atoms with E-state index in [1.165, 1.54) is 11.1 Å². The van der Waals surface area contributed by atoms with Gasteiger partial charge in [0.2, 0.25) is 0 Å². The Morgan fingerprint density at radius 1 is 1.00 bits per heavy atom. The Hall–Kier alpha value is -1.65. The highest BCUT2D eigenvalue weighted by Crippen LogP contribution is 2.17. The molecule has 0 aliphatic carbocycles. The fourth-order valence-electron chi connectivity index (χ4n) is 2.67. The average molecular weight is 317 g/mol. The molecule has 0 atom stereocenters. The van der Waals surface area contributed by atoms with Gasteiger partial charge in [-0.15, -0.1) is 5.10 Å². The van der Waals surface area contributed by atoms with E-state index in [1.54, 1.807) is 0 Å². The van der Waals surface area contributed by atoms with Gasteiger partial charge in [-0.3, -0.25) is 4.90 Å². The zero-order valence-electron chi connectivity index (χ0n) is 13.1. The molecule has 1 saturated heterocycles. The van der Waals surface area contributed by atoms with Crippen molar-refractivity contribution in [2.24, 2.45) is 0 Å². The summed E-state index contributed by atoms with van der Waals surface area (Å²) in [4.78, 5) is 4.78. The summed E-state index contributed by atoms with van der Waals surface area (Å²) in [5.74, 6) is 0.995. The molecule has 1 fully saturated rings. The fourth-order valence-corrected chi connectivity index (χ4v) is 2.80. The normalized spacial score (nSPS) is 16.0. The lowest BCUT2D eigenvalue weighted by Gasteiger charge is -2.35. The molecule has 1 aromatic carbocycles. The molecule has 1 aliphatic heterocycles. The largest absolute Gasteiger partial charge is 0.353 e. The number of rotatable bonds is 3. The highest BCUT2D eigenvalue weighted by atomic mass is 35.5. The number of benzene rings is 1. The molecule has 2 aromatic rings. The van der Waals surface area contributed by atoms with Gasteiger partial charge in [0.05, 0.1) is 5.69 Å². The van der Waals surface area contributed by atoms with Crippen molar-refractivity contribution in [2.45, 2.75) is 20.4 Å². The number of hydrogen-bond acceptors (Lipinski definition) is 4. The summed E-state index contributed by atoms with van der Waals surface area (Å²) >= 11 is 5.93. The van der Waals surface area contributed by atoms with Crippen molar-refractivity contribution in [3.8, 4) is 0 Å². The zero-order chi connectivity index (χ0) is 15.5. The van der Waals surface area contributed by atoms with Crippen LogP contribution in [0.15, 0.2) is 30.3 Å². The van der Waals surface area contributed by atoms with Gasteiger partial charge in [0.15, 0.2) is 5.82 Å². The second-order valence-electron chi connectivity index (χ2n) is 5.86. The maximum absolute atomic E-state index is 5.93. The molecule has 0 bridgehead atoms. The number of piperazine rings is 1. The number of hydrogen-bond donors (Lipinski definition) is 0. The van der Waals surface area contributed by atoms with Crippen LogP contribution in [0.1, 0.15) is 16.8 Å². The van der Waals surface area contributed by atoms with Crippen LogP contribution in [0.2, 0.25) is 5.02 Å². The lowest BCUT2D eigenvalue weighted by atomic mass is 10.2. The zero-order valence-corrected chi connectivity index (χ0v) is 13.8. The van der Waals surface area contributed by atoms with Crippen LogP contribution in [0.5, 0.6) is 0 Å². The van der Waals surface area contributed by atoms with Crippen LogP contribution < -0.4 is 4.90 Å². The number of nitrogens with zero attached hydrogens (tertiary/aromatic N) is 4. The second kappa shape index (κ2) is 6.63. The standard InChI is InChI=1S/C17H21ClN4/c1-13-11-17(20-19-14(13)2)22-9-7-21(8-10-22)12-15-3-5-16(18)6-4-15/h3-6,11H,7-10,12H2,1-2H3. The summed E-state index contributed by atoms with van der Waals surface area (Å²) < 4.78 is 0. The number of aromatic nitrogens is 2. The van der Waals surface area contributed by atoms with Crippen LogP contribution in [-0.4, -0.2) is 41.3 Å². The van der Waals surface area contributed by atoms with Crippen molar-refractivity contribution in [1.82, 2.24) is 15.1 Å². The maximum Gasteiger partial charge on any atom is 0.151 e. The van der Waals surface area contributed by atoms with Gasteiger partial charge in [-0.1, -0.05) is 23.7 Å². The van der Waals surface area contributed by atoms with E-state index in [4.69, 9.17) is 11.6 Å². The predicted molar refractivity (Wildman–Crippen MR) is 90.4 cm³/mol. The molecule has 1 aromatic heterocycles.